The van der Waals surface area contributed by atoms with Crippen LogP contribution in [-0.4, -0.2) is 28.8 Å². The van der Waals surface area contributed by atoms with Gasteiger partial charge in [0, 0.05) is 31.3 Å². The van der Waals surface area contributed by atoms with Crippen molar-refractivity contribution in [1.29, 1.82) is 0 Å². The molecule has 2 aromatic carbocycles. The first-order valence-corrected chi connectivity index (χ1v) is 12.8. The Labute approximate surface area is 219 Å². The SMILES string of the molecule is O=C(Cc1ccc(N2CCC(CCc3ccccc3)CC2)nc1)c1oc(-c2ccccc2)nc1C(F)(F)F. The molecule has 0 amide bonds. The molecule has 0 atom stereocenters. The molecule has 38 heavy (non-hydrogen) atoms. The lowest BCUT2D eigenvalue weighted by Gasteiger charge is -2.33. The van der Waals surface area contributed by atoms with Gasteiger partial charge in [0.05, 0.1) is 0 Å². The monoisotopic (exact) mass is 519 g/mol. The first-order valence-electron chi connectivity index (χ1n) is 12.8. The summed E-state index contributed by atoms with van der Waals surface area (Å²) in [6.07, 6.45) is 0.906. The maximum Gasteiger partial charge on any atom is 0.437 e. The van der Waals surface area contributed by atoms with Crippen molar-refractivity contribution in [2.75, 3.05) is 18.0 Å². The summed E-state index contributed by atoms with van der Waals surface area (Å²) in [6.45, 7) is 1.81. The smallest absolute Gasteiger partial charge is 0.432 e. The molecule has 0 spiro atoms. The van der Waals surface area contributed by atoms with E-state index in [4.69, 9.17) is 4.42 Å². The number of aromatic nitrogens is 2. The number of aryl methyl sites for hydroxylation is 1. The number of nitrogens with zero attached hydrogens (tertiary/aromatic N) is 3. The van der Waals surface area contributed by atoms with Crippen molar-refractivity contribution in [3.8, 4) is 11.5 Å². The van der Waals surface area contributed by atoms with E-state index >= 15 is 0 Å². The Morgan fingerprint density at radius 2 is 1.61 bits per heavy atom. The Kier molecular flexibility index (Phi) is 7.58. The topological polar surface area (TPSA) is 59.2 Å². The molecule has 5 rings (SSSR count). The minimum Gasteiger partial charge on any atom is -0.432 e. The van der Waals surface area contributed by atoms with Crippen LogP contribution in [0.25, 0.3) is 11.5 Å². The lowest BCUT2D eigenvalue weighted by atomic mass is 9.90. The first kappa shape index (κ1) is 25.7. The van der Waals surface area contributed by atoms with Crippen LogP contribution in [0.4, 0.5) is 19.0 Å². The lowest BCUT2D eigenvalue weighted by molar-refractivity contribution is -0.141. The van der Waals surface area contributed by atoms with Gasteiger partial charge in [0.1, 0.15) is 5.82 Å². The third-order valence-electron chi connectivity index (χ3n) is 6.97. The molecule has 0 unspecified atom stereocenters. The standard InChI is InChI=1S/C30H28F3N3O2/c31-30(32,33)28-27(38-29(35-28)24-9-5-2-6-10-24)25(37)19-23-13-14-26(34-20-23)36-17-15-22(16-18-36)12-11-21-7-3-1-4-8-21/h1-10,13-14,20,22H,11-12,15-19H2. The fourth-order valence-electron chi connectivity index (χ4n) is 4.85. The normalized spacial score (nSPS) is 14.6. The second-order valence-corrected chi connectivity index (χ2v) is 9.64. The van der Waals surface area contributed by atoms with Gasteiger partial charge in [-0.3, -0.25) is 4.79 Å². The van der Waals surface area contributed by atoms with Crippen molar-refractivity contribution in [1.82, 2.24) is 9.97 Å². The highest BCUT2D eigenvalue weighted by Crippen LogP contribution is 2.35. The summed E-state index contributed by atoms with van der Waals surface area (Å²) >= 11 is 0. The molecule has 5 nitrogen and oxygen atoms in total. The van der Waals surface area contributed by atoms with Gasteiger partial charge >= 0.3 is 6.18 Å². The van der Waals surface area contributed by atoms with Crippen LogP contribution in [0.1, 0.15) is 46.6 Å². The van der Waals surface area contributed by atoms with Crippen molar-refractivity contribution in [2.45, 2.75) is 38.3 Å². The Balaban J connectivity index is 1.20. The number of piperidine rings is 1. The van der Waals surface area contributed by atoms with Crippen molar-refractivity contribution >= 4 is 11.6 Å². The fourth-order valence-corrected chi connectivity index (χ4v) is 4.85. The molecule has 0 saturated carbocycles. The van der Waals surface area contributed by atoms with Gasteiger partial charge in [-0.25, -0.2) is 9.97 Å². The number of benzene rings is 2. The lowest BCUT2D eigenvalue weighted by Crippen LogP contribution is -2.34. The maximum absolute atomic E-state index is 13.6. The van der Waals surface area contributed by atoms with Gasteiger partial charge in [-0.15, -0.1) is 0 Å². The van der Waals surface area contributed by atoms with E-state index in [1.54, 1.807) is 42.6 Å². The largest absolute Gasteiger partial charge is 0.437 e. The molecule has 1 aliphatic heterocycles. The van der Waals surface area contributed by atoms with E-state index in [1.165, 1.54) is 12.0 Å². The van der Waals surface area contributed by atoms with Gasteiger partial charge in [-0.2, -0.15) is 13.2 Å². The van der Waals surface area contributed by atoms with Crippen molar-refractivity contribution < 1.29 is 22.4 Å². The van der Waals surface area contributed by atoms with Crippen LogP contribution >= 0.6 is 0 Å². The minimum absolute atomic E-state index is 0.234. The quantitative estimate of drug-likeness (QED) is 0.234. The number of halogens is 3. The van der Waals surface area contributed by atoms with Crippen molar-refractivity contribution in [3.05, 3.63) is 102 Å². The molecule has 196 valence electrons. The number of carbonyl (C=O) groups excluding carboxylic acids is 1. The Bertz CT molecular complexity index is 1350. The second kappa shape index (κ2) is 11.2. The molecular formula is C30H28F3N3O2. The highest BCUT2D eigenvalue weighted by molar-refractivity contribution is 5.96. The molecule has 3 heterocycles. The van der Waals surface area contributed by atoms with Crippen molar-refractivity contribution in [3.63, 3.8) is 0 Å². The van der Waals surface area contributed by atoms with Crippen LogP contribution in [0.15, 0.2) is 83.4 Å². The van der Waals surface area contributed by atoms with Crippen LogP contribution in [0.5, 0.6) is 0 Å². The molecule has 1 fully saturated rings. The van der Waals surface area contributed by atoms with Crippen LogP contribution in [-0.2, 0) is 19.0 Å². The summed E-state index contributed by atoms with van der Waals surface area (Å²) in [6, 6.07) is 22.3. The summed E-state index contributed by atoms with van der Waals surface area (Å²) in [5.41, 5.74) is 0.945. The fraction of sp³-hybridized carbons (Fsp3) is 0.300. The molecule has 4 aromatic rings. The van der Waals surface area contributed by atoms with E-state index in [1.807, 2.05) is 12.1 Å². The molecule has 1 aliphatic rings. The highest BCUT2D eigenvalue weighted by Gasteiger charge is 2.41. The number of alkyl halides is 3. The predicted molar refractivity (Wildman–Crippen MR) is 139 cm³/mol. The van der Waals surface area contributed by atoms with E-state index in [0.717, 1.165) is 38.2 Å². The summed E-state index contributed by atoms with van der Waals surface area (Å²) < 4.78 is 46.1. The Morgan fingerprint density at radius 3 is 2.24 bits per heavy atom. The molecule has 0 radical (unpaired) electrons. The van der Waals surface area contributed by atoms with Crippen LogP contribution in [0.3, 0.4) is 0 Å². The summed E-state index contributed by atoms with van der Waals surface area (Å²) in [5.74, 6) is -0.320. The predicted octanol–water partition coefficient (Wildman–Crippen LogP) is 7.03. The third-order valence-corrected chi connectivity index (χ3v) is 6.97. The number of pyridine rings is 1. The molecular weight excluding hydrogens is 491 g/mol. The Morgan fingerprint density at radius 1 is 0.921 bits per heavy atom. The number of ketones is 1. The van der Waals surface area contributed by atoms with Gasteiger partial charge in [0.2, 0.25) is 17.4 Å². The molecule has 0 bridgehead atoms. The maximum atomic E-state index is 13.6. The number of anilines is 1. The number of hydrogen-bond donors (Lipinski definition) is 0. The van der Waals surface area contributed by atoms with Crippen LogP contribution in [0, 0.1) is 5.92 Å². The van der Waals surface area contributed by atoms with Gasteiger partial charge in [-0.05, 0) is 60.9 Å². The molecule has 8 heteroatoms. The van der Waals surface area contributed by atoms with Gasteiger partial charge < -0.3 is 9.32 Å². The zero-order valence-electron chi connectivity index (χ0n) is 20.8. The van der Waals surface area contributed by atoms with Crippen LogP contribution in [0.2, 0.25) is 0 Å². The van der Waals surface area contributed by atoms with E-state index in [9.17, 15) is 18.0 Å². The number of hydrogen-bond acceptors (Lipinski definition) is 5. The minimum atomic E-state index is -4.81. The molecule has 0 aliphatic carbocycles. The van der Waals surface area contributed by atoms with E-state index < -0.39 is 23.4 Å². The average molecular weight is 520 g/mol. The summed E-state index contributed by atoms with van der Waals surface area (Å²) in [4.78, 5) is 23.1. The number of Topliss-reactive ketones (excluding diaryl/α,β-unsaturated/α-hetero) is 1. The highest BCUT2D eigenvalue weighted by atomic mass is 19.4. The zero-order valence-corrected chi connectivity index (χ0v) is 20.8. The second-order valence-electron chi connectivity index (χ2n) is 9.64. The average Bonchev–Trinajstić information content (AvgIpc) is 3.41. The number of rotatable bonds is 8. The van der Waals surface area contributed by atoms with Gasteiger partial charge in [-0.1, -0.05) is 54.6 Å². The first-order chi connectivity index (χ1) is 18.4. The van der Waals surface area contributed by atoms with Gasteiger partial charge in [0.15, 0.2) is 5.69 Å². The molecule has 2 aromatic heterocycles. The van der Waals surface area contributed by atoms with Gasteiger partial charge in [0.25, 0.3) is 0 Å². The summed E-state index contributed by atoms with van der Waals surface area (Å²) in [7, 11) is 0. The molecule has 1 saturated heterocycles. The van der Waals surface area contributed by atoms with E-state index in [2.05, 4.69) is 39.1 Å². The van der Waals surface area contributed by atoms with Crippen LogP contribution < -0.4 is 4.90 Å². The zero-order chi connectivity index (χ0) is 26.5. The third kappa shape index (κ3) is 6.13. The van der Waals surface area contributed by atoms with E-state index in [-0.39, 0.29) is 12.3 Å². The number of oxazole rings is 1. The van der Waals surface area contributed by atoms with Crippen molar-refractivity contribution in [2.24, 2.45) is 5.92 Å². The summed E-state index contributed by atoms with van der Waals surface area (Å²) in [5, 5.41) is 0. The molecule has 0 N–H and O–H groups in total. The number of carbonyl (C=O) groups is 1. The Hall–Kier alpha value is -3.94. The van der Waals surface area contributed by atoms with E-state index in [0.29, 0.717) is 17.0 Å².